The SMILES string of the molecule is CCC(C(=O)N(CC)Cc1cccc(Cl)c1)c1ccccc1. The van der Waals surface area contributed by atoms with Crippen molar-refractivity contribution in [3.05, 3.63) is 70.7 Å². The average Bonchev–Trinajstić information content (AvgIpc) is 2.54. The maximum absolute atomic E-state index is 12.9. The van der Waals surface area contributed by atoms with E-state index in [1.165, 1.54) is 0 Å². The fourth-order valence-electron chi connectivity index (χ4n) is 2.66. The molecule has 2 nitrogen and oxygen atoms in total. The third-order valence-electron chi connectivity index (χ3n) is 3.86. The zero-order chi connectivity index (χ0) is 15.9. The fourth-order valence-corrected chi connectivity index (χ4v) is 2.87. The van der Waals surface area contributed by atoms with Crippen LogP contribution in [0.2, 0.25) is 5.02 Å². The predicted octanol–water partition coefficient (Wildman–Crippen LogP) is 4.88. The van der Waals surface area contributed by atoms with Gasteiger partial charge in [0.1, 0.15) is 0 Å². The molecule has 1 amide bonds. The number of rotatable bonds is 6. The second-order valence-corrected chi connectivity index (χ2v) is 5.79. The van der Waals surface area contributed by atoms with Crippen LogP contribution in [0.25, 0.3) is 0 Å². The second-order valence-electron chi connectivity index (χ2n) is 5.35. The monoisotopic (exact) mass is 315 g/mol. The summed E-state index contributed by atoms with van der Waals surface area (Å²) in [6.45, 7) is 5.36. The van der Waals surface area contributed by atoms with Crippen molar-refractivity contribution in [3.8, 4) is 0 Å². The highest BCUT2D eigenvalue weighted by atomic mass is 35.5. The molecule has 1 unspecified atom stereocenters. The van der Waals surface area contributed by atoms with Crippen LogP contribution < -0.4 is 0 Å². The molecule has 2 rings (SSSR count). The maximum Gasteiger partial charge on any atom is 0.230 e. The summed E-state index contributed by atoms with van der Waals surface area (Å²) in [6, 6.07) is 17.7. The second kappa shape index (κ2) is 8.00. The Bertz CT molecular complexity index is 612. The van der Waals surface area contributed by atoms with Gasteiger partial charge < -0.3 is 4.90 Å². The molecule has 0 radical (unpaired) electrons. The summed E-state index contributed by atoms with van der Waals surface area (Å²) in [5.74, 6) is 0.0940. The summed E-state index contributed by atoms with van der Waals surface area (Å²) in [4.78, 5) is 14.8. The van der Waals surface area contributed by atoms with E-state index < -0.39 is 0 Å². The molecule has 0 N–H and O–H groups in total. The molecule has 1 atom stereocenters. The largest absolute Gasteiger partial charge is 0.338 e. The van der Waals surface area contributed by atoms with Crippen molar-refractivity contribution in [1.29, 1.82) is 0 Å². The van der Waals surface area contributed by atoms with Gasteiger partial charge in [0.15, 0.2) is 0 Å². The molecule has 22 heavy (non-hydrogen) atoms. The van der Waals surface area contributed by atoms with Gasteiger partial charge >= 0.3 is 0 Å². The van der Waals surface area contributed by atoms with Crippen LogP contribution in [0, 0.1) is 0 Å². The number of nitrogens with zero attached hydrogens (tertiary/aromatic N) is 1. The molecule has 0 aliphatic rings. The molecule has 0 aliphatic heterocycles. The van der Waals surface area contributed by atoms with E-state index in [2.05, 4.69) is 6.92 Å². The normalized spacial score (nSPS) is 12.0. The molecule has 0 heterocycles. The molecule has 0 saturated heterocycles. The van der Waals surface area contributed by atoms with Crippen LogP contribution in [0.4, 0.5) is 0 Å². The minimum absolute atomic E-state index is 0.0830. The molecular weight excluding hydrogens is 294 g/mol. The quantitative estimate of drug-likeness (QED) is 0.743. The first-order chi connectivity index (χ1) is 10.7. The molecule has 3 heteroatoms. The van der Waals surface area contributed by atoms with Crippen LogP contribution in [0.5, 0.6) is 0 Å². The van der Waals surface area contributed by atoms with Crippen LogP contribution in [0.1, 0.15) is 37.3 Å². The summed E-state index contributed by atoms with van der Waals surface area (Å²) in [5.41, 5.74) is 2.14. The van der Waals surface area contributed by atoms with E-state index in [1.807, 2.05) is 66.4 Å². The summed E-state index contributed by atoms with van der Waals surface area (Å²) in [5, 5.41) is 0.705. The topological polar surface area (TPSA) is 20.3 Å². The first-order valence-electron chi connectivity index (χ1n) is 7.73. The Labute approximate surface area is 137 Å². The Kier molecular flexibility index (Phi) is 6.02. The van der Waals surface area contributed by atoms with Crippen LogP contribution >= 0.6 is 11.6 Å². The van der Waals surface area contributed by atoms with Crippen LogP contribution in [0.15, 0.2) is 54.6 Å². The van der Waals surface area contributed by atoms with Gasteiger partial charge in [-0.3, -0.25) is 4.79 Å². The third-order valence-corrected chi connectivity index (χ3v) is 4.10. The Morgan fingerprint density at radius 2 is 1.82 bits per heavy atom. The molecule has 0 bridgehead atoms. The van der Waals surface area contributed by atoms with E-state index in [-0.39, 0.29) is 11.8 Å². The van der Waals surface area contributed by atoms with E-state index >= 15 is 0 Å². The van der Waals surface area contributed by atoms with Crippen LogP contribution in [-0.2, 0) is 11.3 Å². The van der Waals surface area contributed by atoms with Gasteiger partial charge in [-0.1, -0.05) is 61.0 Å². The molecule has 0 saturated carbocycles. The number of benzene rings is 2. The Balaban J connectivity index is 2.17. The molecule has 116 valence electrons. The van der Waals surface area contributed by atoms with E-state index in [9.17, 15) is 4.79 Å². The van der Waals surface area contributed by atoms with Gasteiger partial charge in [-0.2, -0.15) is 0 Å². The van der Waals surface area contributed by atoms with Crippen molar-refractivity contribution in [2.75, 3.05) is 6.54 Å². The van der Waals surface area contributed by atoms with E-state index in [0.717, 1.165) is 17.5 Å². The first kappa shape index (κ1) is 16.6. The van der Waals surface area contributed by atoms with Gasteiger partial charge in [-0.15, -0.1) is 0 Å². The minimum atomic E-state index is -0.0830. The highest BCUT2D eigenvalue weighted by Crippen LogP contribution is 2.23. The average molecular weight is 316 g/mol. The third kappa shape index (κ3) is 4.11. The van der Waals surface area contributed by atoms with Crippen molar-refractivity contribution in [2.45, 2.75) is 32.7 Å². The molecule has 0 spiro atoms. The zero-order valence-corrected chi connectivity index (χ0v) is 13.9. The number of carbonyl (C=O) groups excluding carboxylic acids is 1. The molecule has 2 aromatic carbocycles. The lowest BCUT2D eigenvalue weighted by Gasteiger charge is -2.26. The smallest absolute Gasteiger partial charge is 0.230 e. The predicted molar refractivity (Wildman–Crippen MR) is 92.0 cm³/mol. The maximum atomic E-state index is 12.9. The first-order valence-corrected chi connectivity index (χ1v) is 8.11. The summed E-state index contributed by atoms with van der Waals surface area (Å²) in [7, 11) is 0. The van der Waals surface area contributed by atoms with Crippen molar-refractivity contribution in [1.82, 2.24) is 4.90 Å². The molecule has 0 aromatic heterocycles. The minimum Gasteiger partial charge on any atom is -0.338 e. The number of hydrogen-bond donors (Lipinski definition) is 0. The Hall–Kier alpha value is -1.80. The molecule has 0 aliphatic carbocycles. The van der Waals surface area contributed by atoms with Crippen molar-refractivity contribution < 1.29 is 4.79 Å². The lowest BCUT2D eigenvalue weighted by molar-refractivity contribution is -0.133. The van der Waals surface area contributed by atoms with E-state index in [4.69, 9.17) is 11.6 Å². The van der Waals surface area contributed by atoms with Gasteiger partial charge in [0, 0.05) is 18.1 Å². The van der Waals surface area contributed by atoms with Gasteiger partial charge in [0.25, 0.3) is 0 Å². The lowest BCUT2D eigenvalue weighted by atomic mass is 9.95. The Morgan fingerprint density at radius 3 is 2.41 bits per heavy atom. The van der Waals surface area contributed by atoms with Crippen LogP contribution in [0.3, 0.4) is 0 Å². The van der Waals surface area contributed by atoms with Crippen molar-refractivity contribution in [2.24, 2.45) is 0 Å². The number of halogens is 1. The van der Waals surface area contributed by atoms with Crippen LogP contribution in [-0.4, -0.2) is 17.4 Å². The number of likely N-dealkylation sites (N-methyl/N-ethyl adjacent to an activating group) is 1. The van der Waals surface area contributed by atoms with Crippen molar-refractivity contribution in [3.63, 3.8) is 0 Å². The van der Waals surface area contributed by atoms with Gasteiger partial charge in [-0.25, -0.2) is 0 Å². The zero-order valence-electron chi connectivity index (χ0n) is 13.1. The molecule has 0 fully saturated rings. The fraction of sp³-hybridized carbons (Fsp3) is 0.316. The molecular formula is C19H22ClNO. The standard InChI is InChI=1S/C19H22ClNO/c1-3-18(16-10-6-5-7-11-16)19(22)21(4-2)14-15-9-8-12-17(20)13-15/h5-13,18H,3-4,14H2,1-2H3. The number of amides is 1. The highest BCUT2D eigenvalue weighted by Gasteiger charge is 2.23. The summed E-state index contributed by atoms with van der Waals surface area (Å²) >= 11 is 6.03. The van der Waals surface area contributed by atoms with Gasteiger partial charge in [0.2, 0.25) is 5.91 Å². The summed E-state index contributed by atoms with van der Waals surface area (Å²) in [6.07, 6.45) is 0.800. The van der Waals surface area contributed by atoms with E-state index in [0.29, 0.717) is 18.1 Å². The van der Waals surface area contributed by atoms with E-state index in [1.54, 1.807) is 0 Å². The number of carbonyl (C=O) groups is 1. The highest BCUT2D eigenvalue weighted by molar-refractivity contribution is 6.30. The van der Waals surface area contributed by atoms with Crippen molar-refractivity contribution >= 4 is 17.5 Å². The number of hydrogen-bond acceptors (Lipinski definition) is 1. The molecule has 2 aromatic rings. The summed E-state index contributed by atoms with van der Waals surface area (Å²) < 4.78 is 0. The van der Waals surface area contributed by atoms with Gasteiger partial charge in [0.05, 0.1) is 5.92 Å². The lowest BCUT2D eigenvalue weighted by Crippen LogP contribution is -2.34. The van der Waals surface area contributed by atoms with Gasteiger partial charge in [-0.05, 0) is 36.6 Å². The Morgan fingerprint density at radius 1 is 1.09 bits per heavy atom.